The molecule has 3 aliphatic carbocycles. The van der Waals surface area contributed by atoms with Gasteiger partial charge in [-0.2, -0.15) is 0 Å². The number of nitrogens with one attached hydrogen (secondary N) is 3. The molecule has 2 aromatic carbocycles. The van der Waals surface area contributed by atoms with Crippen LogP contribution in [0.15, 0.2) is 48.5 Å². The molecule has 1 aromatic heterocycles. The number of aryl methyl sites for hydroxylation is 1. The molecule has 1 spiro atoms. The van der Waals surface area contributed by atoms with Crippen molar-refractivity contribution in [2.75, 3.05) is 10.6 Å². The zero-order valence-corrected chi connectivity index (χ0v) is 19.0. The van der Waals surface area contributed by atoms with Crippen molar-refractivity contribution in [3.05, 3.63) is 54.1 Å². The van der Waals surface area contributed by atoms with Crippen LogP contribution in [0, 0.1) is 17.3 Å². The molecule has 1 aliphatic heterocycles. The van der Waals surface area contributed by atoms with Gasteiger partial charge in [0.25, 0.3) is 5.91 Å². The number of benzene rings is 2. The Morgan fingerprint density at radius 3 is 2.79 bits per heavy atom. The number of para-hydroxylation sites is 3. The van der Waals surface area contributed by atoms with Crippen molar-refractivity contribution in [3.8, 4) is 0 Å². The van der Waals surface area contributed by atoms with E-state index < -0.39 is 5.66 Å². The van der Waals surface area contributed by atoms with Crippen LogP contribution < -0.4 is 16.0 Å². The zero-order valence-electron chi connectivity index (χ0n) is 19.0. The van der Waals surface area contributed by atoms with E-state index >= 15 is 0 Å². The predicted octanol–water partition coefficient (Wildman–Crippen LogP) is 4.37. The Balaban J connectivity index is 1.28. The third-order valence-corrected chi connectivity index (χ3v) is 8.19. The Morgan fingerprint density at radius 2 is 1.97 bits per heavy atom. The number of fused-ring (bicyclic) bond motifs is 4. The molecule has 3 aromatic rings. The third kappa shape index (κ3) is 2.98. The first-order chi connectivity index (χ1) is 15.9. The van der Waals surface area contributed by atoms with Crippen LogP contribution in [0.2, 0.25) is 0 Å². The van der Waals surface area contributed by atoms with E-state index in [1.807, 2.05) is 48.5 Å². The van der Waals surface area contributed by atoms with Crippen molar-refractivity contribution in [3.63, 3.8) is 0 Å². The maximum Gasteiger partial charge on any atom is 0.255 e. The summed E-state index contributed by atoms with van der Waals surface area (Å²) in [6, 6.07) is 15.6. The molecular formula is C26H29N5O2. The van der Waals surface area contributed by atoms with E-state index in [2.05, 4.69) is 39.3 Å². The van der Waals surface area contributed by atoms with Gasteiger partial charge in [0.1, 0.15) is 5.66 Å². The minimum absolute atomic E-state index is 0.0295. The lowest BCUT2D eigenvalue weighted by Gasteiger charge is -2.60. The molecule has 33 heavy (non-hydrogen) atoms. The molecule has 0 saturated heterocycles. The second kappa shape index (κ2) is 7.07. The Kier molecular flexibility index (Phi) is 4.34. The van der Waals surface area contributed by atoms with Crippen LogP contribution in [0.4, 0.5) is 11.6 Å². The summed E-state index contributed by atoms with van der Waals surface area (Å²) in [5, 5.41) is 10.1. The minimum Gasteiger partial charge on any atom is -0.362 e. The fraction of sp³-hybridized carbons (Fsp3) is 0.423. The van der Waals surface area contributed by atoms with Crippen LogP contribution in [0.25, 0.3) is 11.0 Å². The first-order valence-corrected chi connectivity index (χ1v) is 11.9. The molecule has 0 unspecified atom stereocenters. The summed E-state index contributed by atoms with van der Waals surface area (Å²) in [4.78, 5) is 31.2. The first-order valence-electron chi connectivity index (χ1n) is 11.9. The van der Waals surface area contributed by atoms with Crippen molar-refractivity contribution in [1.29, 1.82) is 0 Å². The van der Waals surface area contributed by atoms with Crippen LogP contribution in [0.3, 0.4) is 0 Å². The van der Waals surface area contributed by atoms with Crippen LogP contribution in [-0.2, 0) is 11.3 Å². The second-order valence-corrected chi connectivity index (χ2v) is 10.1. The molecule has 7 rings (SSSR count). The highest BCUT2D eigenvalue weighted by Crippen LogP contribution is 2.58. The van der Waals surface area contributed by atoms with E-state index in [1.165, 1.54) is 0 Å². The van der Waals surface area contributed by atoms with Gasteiger partial charge in [0.05, 0.1) is 16.6 Å². The van der Waals surface area contributed by atoms with Gasteiger partial charge in [0.15, 0.2) is 0 Å². The highest BCUT2D eigenvalue weighted by atomic mass is 16.2. The van der Waals surface area contributed by atoms with E-state index in [1.54, 1.807) is 0 Å². The number of hydrogen-bond acceptors (Lipinski definition) is 4. The summed E-state index contributed by atoms with van der Waals surface area (Å²) < 4.78 is 2.05. The van der Waals surface area contributed by atoms with E-state index in [4.69, 9.17) is 0 Å². The molecule has 0 radical (unpaired) electrons. The highest BCUT2D eigenvalue weighted by Gasteiger charge is 2.60. The molecule has 4 atom stereocenters. The predicted molar refractivity (Wildman–Crippen MR) is 128 cm³/mol. The smallest absolute Gasteiger partial charge is 0.255 e. The third-order valence-electron chi connectivity index (χ3n) is 8.19. The van der Waals surface area contributed by atoms with Crippen LogP contribution >= 0.6 is 0 Å². The molecule has 3 saturated carbocycles. The van der Waals surface area contributed by atoms with Crippen molar-refractivity contribution in [1.82, 2.24) is 14.9 Å². The summed E-state index contributed by atoms with van der Waals surface area (Å²) in [5.41, 5.74) is 2.77. The number of rotatable bonds is 3. The topological polar surface area (TPSA) is 88.0 Å². The number of aromatic nitrogens is 2. The monoisotopic (exact) mass is 443 g/mol. The van der Waals surface area contributed by atoms with Gasteiger partial charge in [-0.3, -0.25) is 14.9 Å². The van der Waals surface area contributed by atoms with Crippen LogP contribution in [0.5, 0.6) is 0 Å². The Bertz CT molecular complexity index is 1280. The summed E-state index contributed by atoms with van der Waals surface area (Å²) in [6.45, 7) is 5.00. The van der Waals surface area contributed by atoms with Crippen LogP contribution in [-0.4, -0.2) is 27.0 Å². The molecule has 2 amide bonds. The zero-order chi connectivity index (χ0) is 22.8. The number of nitrogens with zero attached hydrogens (tertiary/aromatic N) is 2. The lowest BCUT2D eigenvalue weighted by atomic mass is 9.51. The number of imidazole rings is 1. The number of amides is 2. The number of carbonyl (C=O) groups excluding carboxylic acids is 2. The Morgan fingerprint density at radius 1 is 1.18 bits per heavy atom. The standard InChI is InChI=1S/C26H29N5O2/c1-3-31-21-11-7-6-10-20(21)27-24(31)28-23(33)18-14-16-12-13-25(18,2)15-26(16)29-19-9-5-4-8-17(19)22(32)30-26/h4-11,16,18,29H,3,12-15H2,1-2H3,(H,30,32)(H,27,28,33)/t16-,18-,25-,26+/m1/s1. The van der Waals surface area contributed by atoms with Gasteiger partial charge >= 0.3 is 0 Å². The van der Waals surface area contributed by atoms with Gasteiger partial charge in [-0.1, -0.05) is 31.2 Å². The maximum atomic E-state index is 13.6. The number of anilines is 2. The summed E-state index contributed by atoms with van der Waals surface area (Å²) in [6.07, 6.45) is 3.43. The van der Waals surface area contributed by atoms with E-state index in [-0.39, 0.29) is 29.1 Å². The van der Waals surface area contributed by atoms with Gasteiger partial charge < -0.3 is 15.2 Å². The van der Waals surface area contributed by atoms with Gasteiger partial charge in [0, 0.05) is 24.1 Å². The summed E-state index contributed by atoms with van der Waals surface area (Å²) in [5.74, 6) is 0.685. The van der Waals surface area contributed by atoms with Gasteiger partial charge in [-0.15, -0.1) is 0 Å². The van der Waals surface area contributed by atoms with Crippen molar-refractivity contribution in [2.45, 2.75) is 51.7 Å². The largest absolute Gasteiger partial charge is 0.362 e. The minimum atomic E-state index is -0.494. The quantitative estimate of drug-likeness (QED) is 0.561. The maximum absolute atomic E-state index is 13.6. The SMILES string of the molecule is CCn1c(NC(=O)[C@H]2C[C@H]3CC[C@]2(C)C[C@]32NC(=O)c3ccccc3N2)nc2ccccc21. The normalized spacial score (nSPS) is 30.1. The number of carbonyl (C=O) groups is 2. The van der Waals surface area contributed by atoms with Crippen molar-refractivity contribution < 1.29 is 9.59 Å². The molecule has 7 heteroatoms. The van der Waals surface area contributed by atoms with E-state index in [9.17, 15) is 9.59 Å². The van der Waals surface area contributed by atoms with Crippen LogP contribution in [0.1, 0.15) is 49.9 Å². The highest BCUT2D eigenvalue weighted by molar-refractivity contribution is 6.02. The van der Waals surface area contributed by atoms with E-state index in [0.717, 1.165) is 48.9 Å². The summed E-state index contributed by atoms with van der Waals surface area (Å²) in [7, 11) is 0. The summed E-state index contributed by atoms with van der Waals surface area (Å²) >= 11 is 0. The molecule has 7 nitrogen and oxygen atoms in total. The number of hydrogen-bond donors (Lipinski definition) is 3. The Hall–Kier alpha value is -3.35. The Labute approximate surface area is 193 Å². The second-order valence-electron chi connectivity index (χ2n) is 10.1. The van der Waals surface area contributed by atoms with Gasteiger partial charge in [-0.05, 0) is 62.3 Å². The lowest BCUT2D eigenvalue weighted by molar-refractivity contribution is -0.134. The average Bonchev–Trinajstić information content (AvgIpc) is 3.15. The van der Waals surface area contributed by atoms with E-state index in [0.29, 0.717) is 11.5 Å². The molecule has 2 bridgehead atoms. The van der Waals surface area contributed by atoms with Crippen molar-refractivity contribution in [2.24, 2.45) is 17.3 Å². The molecule has 3 fully saturated rings. The molecule has 3 N–H and O–H groups in total. The van der Waals surface area contributed by atoms with Gasteiger partial charge in [-0.25, -0.2) is 4.98 Å². The molecular weight excluding hydrogens is 414 g/mol. The molecule has 170 valence electrons. The fourth-order valence-corrected chi connectivity index (χ4v) is 6.54. The molecule has 4 aliphatic rings. The van der Waals surface area contributed by atoms with Crippen molar-refractivity contribution >= 4 is 34.5 Å². The first kappa shape index (κ1) is 20.3. The average molecular weight is 444 g/mol. The lowest BCUT2D eigenvalue weighted by Crippen LogP contribution is -2.70. The fourth-order valence-electron chi connectivity index (χ4n) is 6.54. The molecule has 2 heterocycles. The van der Waals surface area contributed by atoms with Gasteiger partial charge in [0.2, 0.25) is 11.9 Å².